The molecule has 0 aromatic rings. The van der Waals surface area contributed by atoms with E-state index in [1.54, 1.807) is 0 Å². The van der Waals surface area contributed by atoms with Gasteiger partial charge in [-0.15, -0.1) is 0 Å². The van der Waals surface area contributed by atoms with Gasteiger partial charge in [-0.25, -0.2) is 0 Å². The van der Waals surface area contributed by atoms with Crippen molar-refractivity contribution in [2.45, 2.75) is 58.5 Å². The van der Waals surface area contributed by atoms with Gasteiger partial charge in [0.25, 0.3) is 0 Å². The Morgan fingerprint density at radius 2 is 1.88 bits per heavy atom. The largest absolute Gasteiger partial charge is 0.378 e. The predicted octanol–water partition coefficient (Wildman–Crippen LogP) is 3.22. The lowest BCUT2D eigenvalue weighted by atomic mass is 9.84. The van der Waals surface area contributed by atoms with Crippen molar-refractivity contribution < 1.29 is 4.74 Å². The summed E-state index contributed by atoms with van der Waals surface area (Å²) in [5.41, 5.74) is 0. The van der Waals surface area contributed by atoms with Crippen LogP contribution in [0.15, 0.2) is 0 Å². The lowest BCUT2D eigenvalue weighted by Crippen LogP contribution is -2.41. The summed E-state index contributed by atoms with van der Waals surface area (Å²) in [5, 5.41) is 3.63. The molecule has 0 aromatic carbocycles. The van der Waals surface area contributed by atoms with Crippen LogP contribution in [-0.4, -0.2) is 25.8 Å². The fourth-order valence-electron chi connectivity index (χ4n) is 3.45. The second-order valence-corrected chi connectivity index (χ2v) is 6.33. The van der Waals surface area contributed by atoms with Gasteiger partial charge in [0.1, 0.15) is 0 Å². The molecule has 2 heteroatoms. The van der Waals surface area contributed by atoms with Crippen LogP contribution in [0.2, 0.25) is 0 Å². The second-order valence-electron chi connectivity index (χ2n) is 6.33. The SMILES string of the molecule is CC(C)CNCC1CCCOC1C1CCCC1. The van der Waals surface area contributed by atoms with Crippen LogP contribution in [0.4, 0.5) is 0 Å². The highest BCUT2D eigenvalue weighted by atomic mass is 16.5. The Bertz CT molecular complexity index is 211. The minimum absolute atomic E-state index is 0.561. The molecule has 1 saturated carbocycles. The quantitative estimate of drug-likeness (QED) is 0.795. The van der Waals surface area contributed by atoms with Crippen LogP contribution in [0.25, 0.3) is 0 Å². The van der Waals surface area contributed by atoms with Crippen LogP contribution in [-0.2, 0) is 4.74 Å². The molecular weight excluding hydrogens is 210 g/mol. The molecule has 2 rings (SSSR count). The molecule has 2 atom stereocenters. The maximum absolute atomic E-state index is 6.09. The zero-order valence-corrected chi connectivity index (χ0v) is 11.6. The maximum atomic E-state index is 6.09. The molecule has 0 bridgehead atoms. The van der Waals surface area contributed by atoms with Crippen molar-refractivity contribution in [3.63, 3.8) is 0 Å². The van der Waals surface area contributed by atoms with Crippen molar-refractivity contribution in [1.29, 1.82) is 0 Å². The van der Waals surface area contributed by atoms with Gasteiger partial charge in [0.2, 0.25) is 0 Å². The van der Waals surface area contributed by atoms with E-state index in [9.17, 15) is 0 Å². The van der Waals surface area contributed by atoms with Gasteiger partial charge in [0, 0.05) is 13.2 Å². The van der Waals surface area contributed by atoms with E-state index < -0.39 is 0 Å². The van der Waals surface area contributed by atoms with Crippen molar-refractivity contribution >= 4 is 0 Å². The third-order valence-corrected chi connectivity index (χ3v) is 4.32. The zero-order chi connectivity index (χ0) is 12.1. The van der Waals surface area contributed by atoms with Gasteiger partial charge in [-0.3, -0.25) is 0 Å². The fourth-order valence-corrected chi connectivity index (χ4v) is 3.45. The van der Waals surface area contributed by atoms with E-state index in [4.69, 9.17) is 4.74 Å². The standard InChI is InChI=1S/C15H29NO/c1-12(2)10-16-11-14-8-5-9-17-15(14)13-6-3-4-7-13/h12-16H,3-11H2,1-2H3. The molecule has 2 aliphatic rings. The minimum Gasteiger partial charge on any atom is -0.378 e. The van der Waals surface area contributed by atoms with E-state index in [-0.39, 0.29) is 0 Å². The highest BCUT2D eigenvalue weighted by molar-refractivity contribution is 4.85. The predicted molar refractivity (Wildman–Crippen MR) is 72.1 cm³/mol. The smallest absolute Gasteiger partial charge is 0.0643 e. The van der Waals surface area contributed by atoms with Crippen LogP contribution in [0.1, 0.15) is 52.4 Å². The summed E-state index contributed by atoms with van der Waals surface area (Å²) < 4.78 is 6.09. The second kappa shape index (κ2) is 6.75. The Morgan fingerprint density at radius 1 is 1.12 bits per heavy atom. The number of rotatable bonds is 5. The fraction of sp³-hybridized carbons (Fsp3) is 1.00. The Labute approximate surface area is 107 Å². The van der Waals surface area contributed by atoms with E-state index >= 15 is 0 Å². The van der Waals surface area contributed by atoms with E-state index in [0.29, 0.717) is 6.10 Å². The van der Waals surface area contributed by atoms with E-state index in [2.05, 4.69) is 19.2 Å². The molecule has 1 aliphatic heterocycles. The highest BCUT2D eigenvalue weighted by Crippen LogP contribution is 2.36. The Hall–Kier alpha value is -0.0800. The molecule has 1 aliphatic carbocycles. The first-order chi connectivity index (χ1) is 8.27. The van der Waals surface area contributed by atoms with Crippen molar-refractivity contribution in [2.75, 3.05) is 19.7 Å². The molecule has 2 fully saturated rings. The molecule has 1 heterocycles. The first kappa shape index (κ1) is 13.4. The summed E-state index contributed by atoms with van der Waals surface area (Å²) in [6, 6.07) is 0. The average Bonchev–Trinajstić information content (AvgIpc) is 2.82. The zero-order valence-electron chi connectivity index (χ0n) is 11.6. The Balaban J connectivity index is 1.79. The molecule has 0 aromatic heterocycles. The molecule has 100 valence electrons. The average molecular weight is 239 g/mol. The number of nitrogens with one attached hydrogen (secondary N) is 1. The molecule has 0 radical (unpaired) electrons. The topological polar surface area (TPSA) is 21.3 Å². The highest BCUT2D eigenvalue weighted by Gasteiger charge is 2.33. The molecule has 1 saturated heterocycles. The monoisotopic (exact) mass is 239 g/mol. The molecule has 2 nitrogen and oxygen atoms in total. The van der Waals surface area contributed by atoms with Gasteiger partial charge < -0.3 is 10.1 Å². The van der Waals surface area contributed by atoms with Crippen LogP contribution in [0.3, 0.4) is 0 Å². The molecule has 17 heavy (non-hydrogen) atoms. The first-order valence-electron chi connectivity index (χ1n) is 7.59. The van der Waals surface area contributed by atoms with Gasteiger partial charge in [-0.1, -0.05) is 26.7 Å². The third-order valence-electron chi connectivity index (χ3n) is 4.32. The van der Waals surface area contributed by atoms with Crippen molar-refractivity contribution in [3.8, 4) is 0 Å². The van der Waals surface area contributed by atoms with Gasteiger partial charge in [0.15, 0.2) is 0 Å². The van der Waals surface area contributed by atoms with Gasteiger partial charge >= 0.3 is 0 Å². The first-order valence-corrected chi connectivity index (χ1v) is 7.59. The van der Waals surface area contributed by atoms with E-state index in [1.807, 2.05) is 0 Å². The van der Waals surface area contributed by atoms with Gasteiger partial charge in [-0.2, -0.15) is 0 Å². The van der Waals surface area contributed by atoms with E-state index in [0.717, 1.165) is 30.9 Å². The van der Waals surface area contributed by atoms with Crippen LogP contribution >= 0.6 is 0 Å². The molecular formula is C15H29NO. The van der Waals surface area contributed by atoms with Crippen LogP contribution in [0.5, 0.6) is 0 Å². The summed E-state index contributed by atoms with van der Waals surface area (Å²) in [6.07, 6.45) is 8.86. The number of hydrogen-bond acceptors (Lipinski definition) is 2. The minimum atomic E-state index is 0.561. The Morgan fingerprint density at radius 3 is 2.59 bits per heavy atom. The summed E-state index contributed by atoms with van der Waals surface area (Å²) in [4.78, 5) is 0. The maximum Gasteiger partial charge on any atom is 0.0643 e. The number of hydrogen-bond donors (Lipinski definition) is 1. The summed E-state index contributed by atoms with van der Waals surface area (Å²) in [6.45, 7) is 7.87. The van der Waals surface area contributed by atoms with Gasteiger partial charge in [-0.05, 0) is 50.0 Å². The molecule has 2 unspecified atom stereocenters. The van der Waals surface area contributed by atoms with Crippen molar-refractivity contribution in [1.82, 2.24) is 5.32 Å². The Kier molecular flexibility index (Phi) is 5.30. The normalized spacial score (nSPS) is 31.2. The van der Waals surface area contributed by atoms with Crippen molar-refractivity contribution in [2.24, 2.45) is 17.8 Å². The molecule has 0 amide bonds. The van der Waals surface area contributed by atoms with Crippen molar-refractivity contribution in [3.05, 3.63) is 0 Å². The summed E-state index contributed by atoms with van der Waals surface area (Å²) in [5.74, 6) is 2.39. The number of ether oxygens (including phenoxy) is 1. The third kappa shape index (κ3) is 3.96. The lowest BCUT2D eigenvalue weighted by Gasteiger charge is -2.36. The summed E-state index contributed by atoms with van der Waals surface area (Å²) >= 11 is 0. The molecule has 1 N–H and O–H groups in total. The van der Waals surface area contributed by atoms with E-state index in [1.165, 1.54) is 45.1 Å². The van der Waals surface area contributed by atoms with Crippen LogP contribution < -0.4 is 5.32 Å². The molecule has 0 spiro atoms. The lowest BCUT2D eigenvalue weighted by molar-refractivity contribution is -0.0584. The van der Waals surface area contributed by atoms with Crippen LogP contribution in [0, 0.1) is 17.8 Å². The summed E-state index contributed by atoms with van der Waals surface area (Å²) in [7, 11) is 0. The van der Waals surface area contributed by atoms with Gasteiger partial charge in [0.05, 0.1) is 6.10 Å².